The summed E-state index contributed by atoms with van der Waals surface area (Å²) >= 11 is 0. The Balaban J connectivity index is 4.26. The van der Waals surface area contributed by atoms with Crippen LogP contribution in [-0.2, 0) is 9.22 Å². The van der Waals surface area contributed by atoms with E-state index in [0.717, 1.165) is 12.8 Å². The van der Waals surface area contributed by atoms with Gasteiger partial charge in [-0.1, -0.05) is 32.4 Å². The zero-order valence-corrected chi connectivity index (χ0v) is 10.5. The minimum absolute atomic E-state index is 0.0152. The minimum Gasteiger partial charge on any atom is -0.517 e. The first-order valence-corrected chi connectivity index (χ1v) is 6.58. The van der Waals surface area contributed by atoms with Gasteiger partial charge in [0.25, 0.3) is 5.97 Å². The molecule has 0 heterocycles. The first kappa shape index (κ1) is 13.4. The molecule has 0 aliphatic carbocycles. The van der Waals surface area contributed by atoms with E-state index in [1.807, 2.05) is 26.5 Å². The average Bonchev–Trinajstić information content (AvgIpc) is 2.17. The van der Waals surface area contributed by atoms with Crippen LogP contribution in [-0.4, -0.2) is 15.7 Å². The lowest BCUT2D eigenvalue weighted by molar-refractivity contribution is -0.139. The molecule has 80 valence electrons. The van der Waals surface area contributed by atoms with E-state index >= 15 is 0 Å². The number of carbonyl (C=O) groups is 1. The summed E-state index contributed by atoms with van der Waals surface area (Å²) < 4.78 is 5.03. The van der Waals surface area contributed by atoms with Crippen molar-refractivity contribution in [1.82, 2.24) is 0 Å². The maximum absolute atomic E-state index is 11.5. The predicted octanol–water partition coefficient (Wildman–Crippen LogP) is 2.83. The maximum atomic E-state index is 11.5. The lowest BCUT2D eigenvalue weighted by atomic mass is 9.90. The molecular weight excluding hydrogens is 192 g/mol. The molecule has 3 heteroatoms. The van der Waals surface area contributed by atoms with Crippen LogP contribution in [0.25, 0.3) is 0 Å². The van der Waals surface area contributed by atoms with Gasteiger partial charge in [0.1, 0.15) is 0 Å². The molecule has 0 N–H and O–H groups in total. The van der Waals surface area contributed by atoms with Gasteiger partial charge >= 0.3 is 9.76 Å². The standard InChI is InChI=1S/C11H20O2Si/c1-5-7-10(8-6-2)9(3)11(12)13-14-4/h5,7,9-10H,6,8H2,1-4H3/b7-5+. The summed E-state index contributed by atoms with van der Waals surface area (Å²) in [6, 6.07) is 0. The normalized spacial score (nSPS) is 15.4. The van der Waals surface area contributed by atoms with Gasteiger partial charge in [-0.25, -0.2) is 0 Å². The maximum Gasteiger partial charge on any atom is 0.311 e. The molecule has 0 spiro atoms. The van der Waals surface area contributed by atoms with Crippen LogP contribution in [0.4, 0.5) is 0 Å². The highest BCUT2D eigenvalue weighted by Crippen LogP contribution is 2.20. The van der Waals surface area contributed by atoms with Crippen LogP contribution in [0.1, 0.15) is 33.6 Å². The van der Waals surface area contributed by atoms with Crippen LogP contribution in [0.15, 0.2) is 12.2 Å². The summed E-state index contributed by atoms with van der Waals surface area (Å²) in [6.45, 7) is 7.94. The van der Waals surface area contributed by atoms with E-state index in [1.54, 1.807) is 0 Å². The van der Waals surface area contributed by atoms with Crippen molar-refractivity contribution in [1.29, 1.82) is 0 Å². The average molecular weight is 212 g/mol. The van der Waals surface area contributed by atoms with Gasteiger partial charge in [0.05, 0.1) is 5.92 Å². The molecule has 0 saturated carbocycles. The number of hydrogen-bond donors (Lipinski definition) is 0. The van der Waals surface area contributed by atoms with E-state index < -0.39 is 0 Å². The minimum atomic E-state index is -0.0672. The highest BCUT2D eigenvalue weighted by atomic mass is 28.2. The Morgan fingerprint density at radius 2 is 2.21 bits per heavy atom. The third kappa shape index (κ3) is 4.60. The molecule has 0 aromatic carbocycles. The number of rotatable bonds is 6. The number of allylic oxidation sites excluding steroid dienone is 2. The summed E-state index contributed by atoms with van der Waals surface area (Å²) in [5.74, 6) is 0.245. The second-order valence-corrected chi connectivity index (χ2v) is 4.00. The van der Waals surface area contributed by atoms with Crippen LogP contribution < -0.4 is 0 Å². The highest BCUT2D eigenvalue weighted by molar-refractivity contribution is 6.28. The predicted molar refractivity (Wildman–Crippen MR) is 60.1 cm³/mol. The second kappa shape index (κ2) is 7.80. The smallest absolute Gasteiger partial charge is 0.311 e. The van der Waals surface area contributed by atoms with E-state index in [4.69, 9.17) is 4.43 Å². The van der Waals surface area contributed by atoms with Crippen LogP contribution in [0.3, 0.4) is 0 Å². The van der Waals surface area contributed by atoms with Crippen LogP contribution in [0, 0.1) is 11.8 Å². The molecule has 2 nitrogen and oxygen atoms in total. The van der Waals surface area contributed by atoms with Gasteiger partial charge in [0.15, 0.2) is 0 Å². The topological polar surface area (TPSA) is 26.3 Å². The molecule has 0 fully saturated rings. The number of carbonyl (C=O) groups excluding carboxylic acids is 1. The highest BCUT2D eigenvalue weighted by Gasteiger charge is 2.21. The van der Waals surface area contributed by atoms with Crippen molar-refractivity contribution >= 4 is 15.7 Å². The Morgan fingerprint density at radius 3 is 2.64 bits per heavy atom. The fourth-order valence-electron chi connectivity index (χ4n) is 1.46. The first-order chi connectivity index (χ1) is 6.67. The van der Waals surface area contributed by atoms with E-state index in [-0.39, 0.29) is 21.7 Å². The quantitative estimate of drug-likeness (QED) is 0.500. The van der Waals surface area contributed by atoms with Crippen molar-refractivity contribution in [2.24, 2.45) is 11.8 Å². The van der Waals surface area contributed by atoms with Gasteiger partial charge in [-0.2, -0.15) is 0 Å². The molecule has 2 unspecified atom stereocenters. The van der Waals surface area contributed by atoms with Crippen LogP contribution in [0.5, 0.6) is 0 Å². The molecule has 14 heavy (non-hydrogen) atoms. The zero-order valence-electron chi connectivity index (χ0n) is 9.54. The fraction of sp³-hybridized carbons (Fsp3) is 0.727. The van der Waals surface area contributed by atoms with E-state index in [1.165, 1.54) is 0 Å². The fourth-order valence-corrected chi connectivity index (χ4v) is 1.85. The van der Waals surface area contributed by atoms with Crippen molar-refractivity contribution in [3.05, 3.63) is 12.2 Å². The third-order valence-electron chi connectivity index (χ3n) is 2.28. The van der Waals surface area contributed by atoms with E-state index in [2.05, 4.69) is 13.0 Å². The molecule has 0 aliphatic rings. The Hall–Kier alpha value is -0.573. The lowest BCUT2D eigenvalue weighted by Gasteiger charge is -2.18. The third-order valence-corrected chi connectivity index (χ3v) is 2.68. The molecule has 0 aliphatic heterocycles. The first-order valence-electron chi connectivity index (χ1n) is 5.17. The molecule has 2 radical (unpaired) electrons. The molecular formula is C11H20O2Si. The van der Waals surface area contributed by atoms with Gasteiger partial charge in [-0.15, -0.1) is 0 Å². The largest absolute Gasteiger partial charge is 0.517 e. The van der Waals surface area contributed by atoms with Crippen molar-refractivity contribution in [2.45, 2.75) is 40.2 Å². The Labute approximate surface area is 89.7 Å². The molecule has 0 aromatic rings. The van der Waals surface area contributed by atoms with Crippen molar-refractivity contribution < 1.29 is 9.22 Å². The molecule has 0 rings (SSSR count). The monoisotopic (exact) mass is 212 g/mol. The van der Waals surface area contributed by atoms with Gasteiger partial charge in [-0.05, 0) is 25.8 Å². The van der Waals surface area contributed by atoms with Crippen molar-refractivity contribution in [2.75, 3.05) is 0 Å². The van der Waals surface area contributed by atoms with E-state index in [9.17, 15) is 4.79 Å². The molecule has 2 atom stereocenters. The summed E-state index contributed by atoms with van der Waals surface area (Å²) in [5, 5.41) is 0. The van der Waals surface area contributed by atoms with Crippen LogP contribution in [0.2, 0.25) is 6.55 Å². The number of hydrogen-bond acceptors (Lipinski definition) is 2. The lowest BCUT2D eigenvalue weighted by Crippen LogP contribution is -2.22. The van der Waals surface area contributed by atoms with Crippen LogP contribution >= 0.6 is 0 Å². The Bertz CT molecular complexity index is 190. The van der Waals surface area contributed by atoms with Gasteiger partial charge in [0.2, 0.25) is 0 Å². The Kier molecular flexibility index (Phi) is 7.48. The molecule has 0 saturated heterocycles. The Morgan fingerprint density at radius 1 is 1.57 bits per heavy atom. The second-order valence-electron chi connectivity index (χ2n) is 3.39. The SMILES string of the molecule is C/C=C/C(CCC)C(C)C(=O)O[Si]C. The molecule has 0 amide bonds. The van der Waals surface area contributed by atoms with Gasteiger partial charge in [0, 0.05) is 0 Å². The zero-order chi connectivity index (χ0) is 11.0. The van der Waals surface area contributed by atoms with Gasteiger partial charge in [-0.3, -0.25) is 4.79 Å². The van der Waals surface area contributed by atoms with E-state index in [0.29, 0.717) is 5.92 Å². The summed E-state index contributed by atoms with van der Waals surface area (Å²) in [5.41, 5.74) is 0. The summed E-state index contributed by atoms with van der Waals surface area (Å²) in [7, 11) is 0.254. The molecule has 0 bridgehead atoms. The van der Waals surface area contributed by atoms with Gasteiger partial charge < -0.3 is 4.43 Å². The molecule has 0 aromatic heterocycles. The summed E-state index contributed by atoms with van der Waals surface area (Å²) in [6.07, 6.45) is 6.26. The van der Waals surface area contributed by atoms with Crippen molar-refractivity contribution in [3.63, 3.8) is 0 Å². The summed E-state index contributed by atoms with van der Waals surface area (Å²) in [4.78, 5) is 11.5. The van der Waals surface area contributed by atoms with Crippen molar-refractivity contribution in [3.8, 4) is 0 Å².